The van der Waals surface area contributed by atoms with Crippen LogP contribution >= 0.6 is 0 Å². The zero-order valence-corrected chi connectivity index (χ0v) is 28.2. The highest BCUT2D eigenvalue weighted by Gasteiger charge is 2.46. The molecule has 6 rings (SSSR count). The van der Waals surface area contributed by atoms with Gasteiger partial charge in [-0.2, -0.15) is 0 Å². The molecule has 0 aromatic heterocycles. The van der Waals surface area contributed by atoms with E-state index in [2.05, 4.69) is 0 Å². The molecule has 0 aliphatic carbocycles. The van der Waals surface area contributed by atoms with Crippen molar-refractivity contribution in [1.82, 2.24) is 0 Å². The highest BCUT2D eigenvalue weighted by molar-refractivity contribution is 5.93. The first-order chi connectivity index (χ1) is 26.3. The molecule has 2 aliphatic rings. The van der Waals surface area contributed by atoms with Crippen molar-refractivity contribution in [2.75, 3.05) is 6.61 Å². The lowest BCUT2D eigenvalue weighted by atomic mass is 9.91. The molecule has 0 amide bonds. The second-order valence-corrected chi connectivity index (χ2v) is 12.2. The molecular weight excluding hydrogens is 756 g/mol. The van der Waals surface area contributed by atoms with Crippen molar-refractivity contribution in [3.05, 3.63) is 75.7 Å². The number of phenols is 11. The minimum Gasteiger partial charge on any atom is -0.508 e. The van der Waals surface area contributed by atoms with Gasteiger partial charge in [-0.3, -0.25) is 0 Å². The van der Waals surface area contributed by atoms with Gasteiger partial charge in [-0.15, -0.1) is 0 Å². The Bertz CT molecular complexity index is 2270. The number of aliphatic hydroxyl groups is 3. The Morgan fingerprint density at radius 3 is 1.46 bits per heavy atom. The first-order valence-electron chi connectivity index (χ1n) is 15.8. The number of carbonyl (C=O) groups is 2. The predicted octanol–water partition coefficient (Wildman–Crippen LogP) is 1.46. The summed E-state index contributed by atoms with van der Waals surface area (Å²) in [7, 11) is 0. The fraction of sp³-hybridized carbons (Fsp3) is 0.200. The van der Waals surface area contributed by atoms with E-state index in [0.717, 1.165) is 12.1 Å². The third-order valence-corrected chi connectivity index (χ3v) is 8.71. The predicted molar refractivity (Wildman–Crippen MR) is 177 cm³/mol. The summed E-state index contributed by atoms with van der Waals surface area (Å²) in [4.78, 5) is 26.9. The van der Waals surface area contributed by atoms with E-state index in [0.29, 0.717) is 24.3 Å². The third kappa shape index (κ3) is 6.72. The van der Waals surface area contributed by atoms with Crippen molar-refractivity contribution in [3.8, 4) is 74.4 Å². The Hall–Kier alpha value is -6.88. The minimum absolute atomic E-state index is 0.0484. The van der Waals surface area contributed by atoms with Gasteiger partial charge >= 0.3 is 11.9 Å². The Balaban J connectivity index is 1.55. The fourth-order valence-electron chi connectivity index (χ4n) is 5.79. The Morgan fingerprint density at radius 1 is 0.536 bits per heavy atom. The lowest BCUT2D eigenvalue weighted by Crippen LogP contribution is -2.47. The summed E-state index contributed by atoms with van der Waals surface area (Å²) in [5.41, 5.74) is -4.32. The number of esters is 2. The summed E-state index contributed by atoms with van der Waals surface area (Å²) < 4.78 is 27.5. The SMILES string of the molecule is Cc1c(O)cc(C(=O)OC2=C(OC(=O)c3cc(O)c(O)c(O)c3)C(O)OC3COC(O)c4cc(O)c(O)c(O)c4-c4c(cc(O)c(O)c4O)C(O)OC23)cc1O. The number of aliphatic hydroxyl groups excluding tert-OH is 3. The zero-order chi connectivity index (χ0) is 41.1. The highest BCUT2D eigenvalue weighted by atomic mass is 16.7. The number of aromatic hydroxyl groups is 11. The molecule has 0 bridgehead atoms. The van der Waals surface area contributed by atoms with Gasteiger partial charge < -0.3 is 95.2 Å². The van der Waals surface area contributed by atoms with Crippen LogP contribution < -0.4 is 0 Å². The summed E-state index contributed by atoms with van der Waals surface area (Å²) in [6, 6.07) is 4.24. The van der Waals surface area contributed by atoms with Crippen LogP contribution in [0.3, 0.4) is 0 Å². The summed E-state index contributed by atoms with van der Waals surface area (Å²) in [5, 5.41) is 147. The van der Waals surface area contributed by atoms with Gasteiger partial charge in [-0.1, -0.05) is 0 Å². The van der Waals surface area contributed by atoms with E-state index in [-0.39, 0.29) is 5.56 Å². The summed E-state index contributed by atoms with van der Waals surface area (Å²) in [6.45, 7) is 0.350. The summed E-state index contributed by atoms with van der Waals surface area (Å²) in [6.07, 6.45) is -11.3. The van der Waals surface area contributed by atoms with Crippen LogP contribution in [0, 0.1) is 6.92 Å². The highest BCUT2D eigenvalue weighted by Crippen LogP contribution is 2.55. The largest absolute Gasteiger partial charge is 0.508 e. The van der Waals surface area contributed by atoms with Crippen molar-refractivity contribution in [3.63, 3.8) is 0 Å². The van der Waals surface area contributed by atoms with Crippen LogP contribution in [0.5, 0.6) is 63.2 Å². The number of hydrogen-bond acceptors (Lipinski definition) is 21. The average molecular weight is 787 g/mol. The van der Waals surface area contributed by atoms with Crippen LogP contribution in [0.1, 0.15) is 50.0 Å². The number of fused-ring (bicyclic) bond motifs is 4. The fourth-order valence-corrected chi connectivity index (χ4v) is 5.79. The smallest absolute Gasteiger partial charge is 0.343 e. The van der Waals surface area contributed by atoms with Gasteiger partial charge in [0.25, 0.3) is 0 Å². The number of carbonyl (C=O) groups excluding carboxylic acids is 2. The van der Waals surface area contributed by atoms with E-state index in [1.807, 2.05) is 0 Å². The maximum Gasteiger partial charge on any atom is 0.343 e. The molecule has 2 aliphatic heterocycles. The number of rotatable bonds is 4. The van der Waals surface area contributed by atoms with Crippen molar-refractivity contribution in [2.45, 2.75) is 38.0 Å². The molecule has 4 aromatic rings. The molecule has 0 radical (unpaired) electrons. The molecule has 5 unspecified atom stereocenters. The van der Waals surface area contributed by atoms with Crippen molar-refractivity contribution in [1.29, 1.82) is 0 Å². The number of benzene rings is 4. The summed E-state index contributed by atoms with van der Waals surface area (Å²) >= 11 is 0. The van der Waals surface area contributed by atoms with E-state index < -0.39 is 158 Å². The van der Waals surface area contributed by atoms with Crippen LogP contribution in [0.4, 0.5) is 0 Å². The molecule has 0 saturated carbocycles. The molecule has 0 spiro atoms. The number of ether oxygens (including phenoxy) is 5. The summed E-state index contributed by atoms with van der Waals surface area (Å²) in [5.74, 6) is -16.4. The lowest BCUT2D eigenvalue weighted by molar-refractivity contribution is -0.246. The number of phenolic OH excluding ortho intramolecular Hbond substituents is 11. The van der Waals surface area contributed by atoms with Gasteiger partial charge in [-0.05, 0) is 43.3 Å². The van der Waals surface area contributed by atoms with Crippen LogP contribution in [-0.4, -0.2) is 109 Å². The maximum atomic E-state index is 13.6. The van der Waals surface area contributed by atoms with Crippen LogP contribution in [-0.2, 0) is 23.7 Å². The molecule has 5 atom stereocenters. The van der Waals surface area contributed by atoms with Gasteiger partial charge in [0.2, 0.25) is 23.5 Å². The van der Waals surface area contributed by atoms with E-state index in [1.54, 1.807) is 0 Å². The second-order valence-electron chi connectivity index (χ2n) is 12.2. The second kappa shape index (κ2) is 14.4. The van der Waals surface area contributed by atoms with Crippen molar-refractivity contribution >= 4 is 11.9 Å². The van der Waals surface area contributed by atoms with E-state index in [4.69, 9.17) is 23.7 Å². The minimum atomic E-state index is -2.53. The van der Waals surface area contributed by atoms with Gasteiger partial charge in [0.05, 0.1) is 17.7 Å². The number of hydrogen-bond donors (Lipinski definition) is 14. The van der Waals surface area contributed by atoms with Gasteiger partial charge in [-0.25, -0.2) is 9.59 Å². The normalized spacial score (nSPS) is 20.9. The molecule has 21 heteroatoms. The topological polar surface area (TPSA) is 364 Å². The molecule has 56 heavy (non-hydrogen) atoms. The standard InChI is InChI=1S/C35H30O21/c1-9-14(36)2-10(3-15(9)37)31(47)55-29-28-20(53-35(51)30(29)56-32(48)11-4-16(38)23(42)17(39)5-11)8-52-33(49)12-6-18(40)24(43)26(45)21(12)22-13(34(50)54-28)7-19(41)25(44)27(22)46/h2-7,20,28,33-46,49-51H,8H2,1H3. The molecule has 14 N–H and O–H groups in total. The molecular formula is C35H30O21. The monoisotopic (exact) mass is 786 g/mol. The molecule has 4 aromatic carbocycles. The Labute approximate surface area is 311 Å². The Morgan fingerprint density at radius 2 is 0.964 bits per heavy atom. The molecule has 296 valence electrons. The maximum absolute atomic E-state index is 13.6. The lowest BCUT2D eigenvalue weighted by Gasteiger charge is -2.37. The van der Waals surface area contributed by atoms with Gasteiger partial charge in [0, 0.05) is 27.8 Å². The quantitative estimate of drug-likeness (QED) is 0.103. The first kappa shape index (κ1) is 38.8. The molecule has 0 fully saturated rings. The third-order valence-electron chi connectivity index (χ3n) is 8.71. The van der Waals surface area contributed by atoms with Crippen molar-refractivity contribution < 1.29 is 105 Å². The van der Waals surface area contributed by atoms with E-state index >= 15 is 0 Å². The van der Waals surface area contributed by atoms with Crippen molar-refractivity contribution in [2.24, 2.45) is 0 Å². The Kier molecular flexibility index (Phi) is 9.99. The average Bonchev–Trinajstić information content (AvgIpc) is 3.16. The zero-order valence-electron chi connectivity index (χ0n) is 28.2. The van der Waals surface area contributed by atoms with Crippen LogP contribution in [0.2, 0.25) is 0 Å². The first-order valence-corrected chi connectivity index (χ1v) is 15.8. The van der Waals surface area contributed by atoms with Gasteiger partial charge in [0.15, 0.2) is 64.7 Å². The molecule has 21 nitrogen and oxygen atoms in total. The molecule has 0 saturated heterocycles. The van der Waals surface area contributed by atoms with Crippen LogP contribution in [0.25, 0.3) is 11.1 Å². The van der Waals surface area contributed by atoms with E-state index in [1.165, 1.54) is 6.92 Å². The molecule has 2 heterocycles. The van der Waals surface area contributed by atoms with Crippen LogP contribution in [0.15, 0.2) is 47.9 Å². The van der Waals surface area contributed by atoms with Gasteiger partial charge in [0.1, 0.15) is 17.6 Å². The van der Waals surface area contributed by atoms with E-state index in [9.17, 15) is 81.1 Å².